The Balaban J connectivity index is 2.12. The smallest absolute Gasteiger partial charge is 0.211 e. The van der Waals surface area contributed by atoms with Crippen LogP contribution in [0.25, 0.3) is 0 Å². The van der Waals surface area contributed by atoms with E-state index in [0.29, 0.717) is 13.0 Å². The Morgan fingerprint density at radius 1 is 1.29 bits per heavy atom. The lowest BCUT2D eigenvalue weighted by Gasteiger charge is -2.43. The minimum atomic E-state index is -3.17. The first-order valence-corrected chi connectivity index (χ1v) is 9.29. The van der Waals surface area contributed by atoms with E-state index in [1.807, 2.05) is 25.1 Å². The van der Waals surface area contributed by atoms with E-state index in [-0.39, 0.29) is 11.2 Å². The van der Waals surface area contributed by atoms with Crippen molar-refractivity contribution in [3.63, 3.8) is 0 Å². The number of hydrogen-bond acceptors (Lipinski definition) is 3. The molecule has 1 aliphatic rings. The minimum Gasteiger partial charge on any atom is -0.496 e. The van der Waals surface area contributed by atoms with Gasteiger partial charge in [0.25, 0.3) is 0 Å². The summed E-state index contributed by atoms with van der Waals surface area (Å²) in [5.41, 5.74) is 1.02. The molecule has 0 aliphatic heterocycles. The first-order valence-electron chi connectivity index (χ1n) is 7.64. The van der Waals surface area contributed by atoms with Gasteiger partial charge in [0.2, 0.25) is 10.0 Å². The molecule has 0 atom stereocenters. The summed E-state index contributed by atoms with van der Waals surface area (Å²) in [6, 6.07) is 7.93. The van der Waals surface area contributed by atoms with Crippen LogP contribution in [0.3, 0.4) is 0 Å². The number of methoxy groups -OCH3 is 1. The normalized spacial score (nSPS) is 17.2. The van der Waals surface area contributed by atoms with Crippen LogP contribution in [-0.2, 0) is 15.4 Å². The zero-order valence-electron chi connectivity index (χ0n) is 12.9. The van der Waals surface area contributed by atoms with Crippen LogP contribution < -0.4 is 9.46 Å². The van der Waals surface area contributed by atoms with Crippen molar-refractivity contribution in [1.82, 2.24) is 4.72 Å². The maximum Gasteiger partial charge on any atom is 0.211 e. The van der Waals surface area contributed by atoms with E-state index in [1.54, 1.807) is 7.11 Å². The lowest BCUT2D eigenvalue weighted by Crippen LogP contribution is -2.46. The second-order valence-electron chi connectivity index (χ2n) is 5.83. The van der Waals surface area contributed by atoms with E-state index in [4.69, 9.17) is 4.74 Å². The van der Waals surface area contributed by atoms with Crippen LogP contribution >= 0.6 is 0 Å². The Morgan fingerprint density at radius 2 is 2.00 bits per heavy atom. The summed E-state index contributed by atoms with van der Waals surface area (Å²) < 4.78 is 32.3. The molecule has 1 N–H and O–H groups in total. The Morgan fingerprint density at radius 3 is 2.57 bits per heavy atom. The van der Waals surface area contributed by atoms with Crippen molar-refractivity contribution in [2.24, 2.45) is 0 Å². The highest BCUT2D eigenvalue weighted by atomic mass is 32.2. The average Bonchev–Trinajstić information content (AvgIpc) is 2.44. The number of sulfonamides is 1. The molecule has 5 heteroatoms. The van der Waals surface area contributed by atoms with Crippen LogP contribution in [0.2, 0.25) is 0 Å². The standard InChI is InChI=1S/C16H25NO3S/c1-3-4-12-21(18,19)17-13-16(10-7-11-16)14-8-5-6-9-15(14)20-2/h5-6,8-9,17H,3-4,7,10-13H2,1-2H3. The molecule has 1 aromatic rings. The van der Waals surface area contributed by atoms with Crippen molar-refractivity contribution in [3.8, 4) is 5.75 Å². The largest absolute Gasteiger partial charge is 0.496 e. The molecule has 0 unspecified atom stereocenters. The molecule has 0 radical (unpaired) electrons. The fraction of sp³-hybridized carbons (Fsp3) is 0.625. The third kappa shape index (κ3) is 3.77. The van der Waals surface area contributed by atoms with E-state index < -0.39 is 10.0 Å². The lowest BCUT2D eigenvalue weighted by atomic mass is 9.64. The highest BCUT2D eigenvalue weighted by Gasteiger charge is 2.41. The second kappa shape index (κ2) is 6.79. The summed E-state index contributed by atoms with van der Waals surface area (Å²) in [4.78, 5) is 0. The third-order valence-corrected chi connectivity index (χ3v) is 5.80. The summed E-state index contributed by atoms with van der Waals surface area (Å²) in [6.07, 6.45) is 4.73. The van der Waals surface area contributed by atoms with Gasteiger partial charge in [0, 0.05) is 17.5 Å². The van der Waals surface area contributed by atoms with Crippen LogP contribution in [0.15, 0.2) is 24.3 Å². The van der Waals surface area contributed by atoms with Crippen LogP contribution in [0, 0.1) is 0 Å². The number of unbranched alkanes of at least 4 members (excludes halogenated alkanes) is 1. The molecule has 0 saturated heterocycles. The molecule has 1 saturated carbocycles. The topological polar surface area (TPSA) is 55.4 Å². The van der Waals surface area contributed by atoms with Crippen LogP contribution in [0.4, 0.5) is 0 Å². The maximum absolute atomic E-state index is 12.0. The summed E-state index contributed by atoms with van der Waals surface area (Å²) in [5, 5.41) is 0. The van der Waals surface area contributed by atoms with Gasteiger partial charge in [-0.2, -0.15) is 0 Å². The van der Waals surface area contributed by atoms with E-state index in [2.05, 4.69) is 10.8 Å². The Labute approximate surface area is 127 Å². The molecular weight excluding hydrogens is 286 g/mol. The number of rotatable bonds is 8. The fourth-order valence-corrected chi connectivity index (χ4v) is 4.19. The Bertz CT molecular complexity index is 565. The van der Waals surface area contributed by atoms with E-state index in [0.717, 1.165) is 37.0 Å². The monoisotopic (exact) mass is 311 g/mol. The quantitative estimate of drug-likeness (QED) is 0.803. The predicted molar refractivity (Wildman–Crippen MR) is 85.2 cm³/mol. The van der Waals surface area contributed by atoms with Gasteiger partial charge in [-0.05, 0) is 25.3 Å². The summed E-state index contributed by atoms with van der Waals surface area (Å²) in [5.74, 6) is 1.07. The number of para-hydroxylation sites is 1. The van der Waals surface area contributed by atoms with Crippen LogP contribution in [0.5, 0.6) is 5.75 Å². The van der Waals surface area contributed by atoms with Gasteiger partial charge >= 0.3 is 0 Å². The van der Waals surface area contributed by atoms with Crippen molar-refractivity contribution in [1.29, 1.82) is 0 Å². The third-order valence-electron chi connectivity index (χ3n) is 4.39. The zero-order chi connectivity index (χ0) is 15.3. The fourth-order valence-electron chi connectivity index (χ4n) is 2.88. The molecule has 118 valence electrons. The molecule has 1 fully saturated rings. The molecule has 21 heavy (non-hydrogen) atoms. The SMILES string of the molecule is CCCCS(=O)(=O)NCC1(c2ccccc2OC)CCC1. The second-order valence-corrected chi connectivity index (χ2v) is 7.75. The van der Waals surface area contributed by atoms with E-state index >= 15 is 0 Å². The highest BCUT2D eigenvalue weighted by Crippen LogP contribution is 2.46. The van der Waals surface area contributed by atoms with Gasteiger partial charge in [0.05, 0.1) is 12.9 Å². The van der Waals surface area contributed by atoms with Crippen molar-refractivity contribution in [2.45, 2.75) is 44.4 Å². The summed E-state index contributed by atoms with van der Waals surface area (Å²) >= 11 is 0. The first kappa shape index (κ1) is 16.3. The van der Waals surface area contributed by atoms with Gasteiger partial charge in [-0.15, -0.1) is 0 Å². The number of nitrogens with one attached hydrogen (secondary N) is 1. The van der Waals surface area contributed by atoms with E-state index in [9.17, 15) is 8.42 Å². The number of hydrogen-bond donors (Lipinski definition) is 1. The molecule has 1 aliphatic carbocycles. The van der Waals surface area contributed by atoms with Gasteiger partial charge in [0.1, 0.15) is 5.75 Å². The summed E-state index contributed by atoms with van der Waals surface area (Å²) in [7, 11) is -1.51. The lowest BCUT2D eigenvalue weighted by molar-refractivity contribution is 0.236. The molecule has 0 bridgehead atoms. The van der Waals surface area contributed by atoms with Gasteiger partial charge in [-0.3, -0.25) is 0 Å². The first-order chi connectivity index (χ1) is 10.0. The Hall–Kier alpha value is -1.07. The van der Waals surface area contributed by atoms with Gasteiger partial charge in [-0.25, -0.2) is 13.1 Å². The minimum absolute atomic E-state index is 0.105. The van der Waals surface area contributed by atoms with E-state index in [1.165, 1.54) is 0 Å². The average molecular weight is 311 g/mol. The molecule has 2 rings (SSSR count). The van der Waals surface area contributed by atoms with Crippen molar-refractivity contribution in [2.75, 3.05) is 19.4 Å². The molecule has 0 spiro atoms. The maximum atomic E-state index is 12.0. The van der Waals surface area contributed by atoms with Gasteiger partial charge < -0.3 is 4.74 Å². The molecule has 0 heterocycles. The molecule has 4 nitrogen and oxygen atoms in total. The van der Waals surface area contributed by atoms with Crippen LogP contribution in [-0.4, -0.2) is 27.8 Å². The molecule has 0 aromatic heterocycles. The van der Waals surface area contributed by atoms with Gasteiger partial charge in [0.15, 0.2) is 0 Å². The summed E-state index contributed by atoms with van der Waals surface area (Å²) in [6.45, 7) is 2.47. The molecular formula is C16H25NO3S. The van der Waals surface area contributed by atoms with Crippen LogP contribution in [0.1, 0.15) is 44.6 Å². The molecule has 1 aromatic carbocycles. The number of ether oxygens (including phenoxy) is 1. The molecule has 0 amide bonds. The van der Waals surface area contributed by atoms with Crippen molar-refractivity contribution >= 4 is 10.0 Å². The van der Waals surface area contributed by atoms with Crippen molar-refractivity contribution in [3.05, 3.63) is 29.8 Å². The van der Waals surface area contributed by atoms with Gasteiger partial charge in [-0.1, -0.05) is 38.0 Å². The highest BCUT2D eigenvalue weighted by molar-refractivity contribution is 7.89. The zero-order valence-corrected chi connectivity index (χ0v) is 13.7. The number of benzene rings is 1. The Kier molecular flexibility index (Phi) is 5.27. The predicted octanol–water partition coefficient (Wildman–Crippen LogP) is 2.84. The van der Waals surface area contributed by atoms with Crippen molar-refractivity contribution < 1.29 is 13.2 Å².